The van der Waals surface area contributed by atoms with E-state index < -0.39 is 40.6 Å². The second kappa shape index (κ2) is 9.50. The van der Waals surface area contributed by atoms with Gasteiger partial charge >= 0.3 is 6.18 Å². The summed E-state index contributed by atoms with van der Waals surface area (Å²) in [7, 11) is -2.20. The van der Waals surface area contributed by atoms with E-state index in [0.717, 1.165) is 34.1 Å². The maximum Gasteiger partial charge on any atom is 0.409 e. The van der Waals surface area contributed by atoms with E-state index in [1.54, 1.807) is 6.07 Å². The molecule has 0 aliphatic carbocycles. The molecule has 2 aromatic rings. The summed E-state index contributed by atoms with van der Waals surface area (Å²) in [5, 5.41) is 0. The molecule has 33 heavy (non-hydrogen) atoms. The Morgan fingerprint density at radius 2 is 1.73 bits per heavy atom. The minimum atomic E-state index is -4.76. The number of carbonyl (C=O) groups is 1. The number of amides is 1. The van der Waals surface area contributed by atoms with Crippen molar-refractivity contribution in [2.24, 2.45) is 0 Å². The third-order valence-electron chi connectivity index (χ3n) is 5.50. The lowest BCUT2D eigenvalue weighted by atomic mass is 9.98. The number of hydrogen-bond acceptors (Lipinski definition) is 2. The average Bonchev–Trinajstić information content (AvgIpc) is 2.75. The van der Waals surface area contributed by atoms with Crippen molar-refractivity contribution >= 4 is 16.9 Å². The fourth-order valence-corrected chi connectivity index (χ4v) is 5.25. The first kappa shape index (κ1) is 25.3. The molecule has 180 valence electrons. The van der Waals surface area contributed by atoms with Crippen molar-refractivity contribution < 1.29 is 31.0 Å². The molecule has 3 rings (SSSR count). The van der Waals surface area contributed by atoms with E-state index in [9.17, 15) is 31.0 Å². The van der Waals surface area contributed by atoms with Crippen LogP contribution in [0.4, 0.5) is 22.0 Å². The van der Waals surface area contributed by atoms with Gasteiger partial charge in [-0.1, -0.05) is 25.1 Å². The molecular formula is C23H25F5N2O2S. The zero-order chi connectivity index (χ0) is 24.6. The van der Waals surface area contributed by atoms with Gasteiger partial charge in [0, 0.05) is 19.6 Å². The molecule has 0 saturated carbocycles. The predicted octanol–water partition coefficient (Wildman–Crippen LogP) is 5.11. The Labute approximate surface area is 192 Å². The van der Waals surface area contributed by atoms with Gasteiger partial charge in [0.15, 0.2) is 5.67 Å². The molecule has 4 nitrogen and oxygen atoms in total. The Kier molecular flexibility index (Phi) is 7.28. The largest absolute Gasteiger partial charge is 0.409 e. The molecule has 1 amide bonds. The normalized spacial score (nSPS) is 16.5. The van der Waals surface area contributed by atoms with Gasteiger partial charge in [-0.15, -0.1) is 0 Å². The molecule has 0 N–H and O–H groups in total. The van der Waals surface area contributed by atoms with Gasteiger partial charge in [-0.25, -0.2) is 17.3 Å². The topological polar surface area (TPSA) is 40.6 Å². The fraction of sp³-hybridized carbons (Fsp3) is 0.435. The summed E-state index contributed by atoms with van der Waals surface area (Å²) in [6.45, 7) is 4.02. The van der Waals surface area contributed by atoms with Gasteiger partial charge in [0.25, 0.3) is 5.91 Å². The van der Waals surface area contributed by atoms with Gasteiger partial charge in [0.05, 0.1) is 4.90 Å². The Balaban J connectivity index is 1.93. The molecule has 2 aromatic carbocycles. The highest BCUT2D eigenvalue weighted by molar-refractivity contribution is 7.82. The Morgan fingerprint density at radius 3 is 2.27 bits per heavy atom. The van der Waals surface area contributed by atoms with Gasteiger partial charge in [-0.2, -0.15) is 13.2 Å². The van der Waals surface area contributed by atoms with Crippen LogP contribution in [-0.4, -0.2) is 44.3 Å². The van der Waals surface area contributed by atoms with Gasteiger partial charge in [0.1, 0.15) is 22.8 Å². The summed E-state index contributed by atoms with van der Waals surface area (Å²) < 4.78 is 83.5. The smallest absolute Gasteiger partial charge is 0.335 e. The second-order valence-electron chi connectivity index (χ2n) is 8.36. The third-order valence-corrected chi connectivity index (χ3v) is 7.05. The number of alkyl halides is 4. The van der Waals surface area contributed by atoms with Crippen molar-refractivity contribution in [3.05, 3.63) is 65.0 Å². The molecule has 1 aliphatic rings. The molecule has 1 unspecified atom stereocenters. The number of halogens is 5. The molecule has 0 saturated heterocycles. The molecule has 10 heteroatoms. The molecular weight excluding hydrogens is 463 g/mol. The minimum Gasteiger partial charge on any atom is -0.335 e. The van der Waals surface area contributed by atoms with Crippen LogP contribution in [0.15, 0.2) is 47.4 Å². The SMILES string of the molecule is CCN([C@@H](c1ccc(F)cc1)C(F)(F)F)S(=O)c1ccc2c(c1)CN(C(=O)C(C)(C)F)CC2. The van der Waals surface area contributed by atoms with Crippen LogP contribution in [0.2, 0.25) is 0 Å². The lowest BCUT2D eigenvalue weighted by Crippen LogP contribution is -2.45. The first-order valence-electron chi connectivity index (χ1n) is 10.4. The van der Waals surface area contributed by atoms with E-state index in [2.05, 4.69) is 0 Å². The van der Waals surface area contributed by atoms with E-state index in [1.807, 2.05) is 0 Å². The molecule has 0 radical (unpaired) electrons. The van der Waals surface area contributed by atoms with Gasteiger partial charge < -0.3 is 4.90 Å². The molecule has 0 spiro atoms. The van der Waals surface area contributed by atoms with Crippen molar-refractivity contribution in [3.8, 4) is 0 Å². The van der Waals surface area contributed by atoms with E-state index in [0.29, 0.717) is 18.5 Å². The first-order valence-corrected chi connectivity index (χ1v) is 11.5. The minimum absolute atomic E-state index is 0.0827. The second-order valence-corrected chi connectivity index (χ2v) is 9.80. The monoisotopic (exact) mass is 488 g/mol. The lowest BCUT2D eigenvalue weighted by Gasteiger charge is -2.33. The van der Waals surface area contributed by atoms with Crippen LogP contribution in [0.3, 0.4) is 0 Å². The zero-order valence-electron chi connectivity index (χ0n) is 18.5. The zero-order valence-corrected chi connectivity index (χ0v) is 19.3. The Morgan fingerprint density at radius 1 is 1.09 bits per heavy atom. The van der Waals surface area contributed by atoms with E-state index in [-0.39, 0.29) is 23.5 Å². The number of carbonyl (C=O) groups excluding carboxylic acids is 1. The standard InChI is InChI=1S/C23H25F5N2O2S/c1-4-30(20(23(26,27)28)16-5-8-18(24)9-6-16)33(32)19-10-7-15-11-12-29(14-17(15)13-19)21(31)22(2,3)25/h5-10,13,20H,4,11-12,14H2,1-3H3/t20-,33?/m0/s1. The Hall–Kier alpha value is -2.33. The van der Waals surface area contributed by atoms with Crippen LogP contribution < -0.4 is 0 Å². The number of nitrogens with zero attached hydrogens (tertiary/aromatic N) is 2. The summed E-state index contributed by atoms with van der Waals surface area (Å²) >= 11 is 0. The van der Waals surface area contributed by atoms with Crippen LogP contribution in [0, 0.1) is 5.82 Å². The van der Waals surface area contributed by atoms with Crippen molar-refractivity contribution in [2.75, 3.05) is 13.1 Å². The van der Waals surface area contributed by atoms with Crippen LogP contribution in [0.25, 0.3) is 0 Å². The maximum atomic E-state index is 14.1. The molecule has 0 aromatic heterocycles. The quantitative estimate of drug-likeness (QED) is 0.531. The van der Waals surface area contributed by atoms with Crippen LogP contribution in [0.1, 0.15) is 43.5 Å². The average molecular weight is 489 g/mol. The van der Waals surface area contributed by atoms with E-state index in [4.69, 9.17) is 0 Å². The number of hydrogen-bond donors (Lipinski definition) is 0. The third kappa shape index (κ3) is 5.60. The van der Waals surface area contributed by atoms with Crippen LogP contribution in [-0.2, 0) is 28.7 Å². The fourth-order valence-electron chi connectivity index (χ4n) is 3.89. The van der Waals surface area contributed by atoms with Crippen molar-refractivity contribution in [1.29, 1.82) is 0 Å². The van der Waals surface area contributed by atoms with E-state index in [1.165, 1.54) is 37.8 Å². The predicted molar refractivity (Wildman–Crippen MR) is 115 cm³/mol. The summed E-state index contributed by atoms with van der Waals surface area (Å²) in [5.74, 6) is -1.35. The molecule has 1 aliphatic heterocycles. The number of benzene rings is 2. The summed E-state index contributed by atoms with van der Waals surface area (Å²) in [6, 6.07) is 6.42. The van der Waals surface area contributed by atoms with Gasteiger partial charge in [-0.05, 0) is 61.2 Å². The summed E-state index contributed by atoms with van der Waals surface area (Å²) in [6.07, 6.45) is -4.30. The highest BCUT2D eigenvalue weighted by Crippen LogP contribution is 2.39. The highest BCUT2D eigenvalue weighted by atomic mass is 32.2. The summed E-state index contributed by atoms with van der Waals surface area (Å²) in [5.41, 5.74) is -0.790. The number of rotatable bonds is 6. The maximum absolute atomic E-state index is 14.1. The summed E-state index contributed by atoms with van der Waals surface area (Å²) in [4.78, 5) is 13.8. The van der Waals surface area contributed by atoms with Crippen molar-refractivity contribution in [3.63, 3.8) is 0 Å². The molecule has 1 heterocycles. The molecule has 0 bridgehead atoms. The molecule has 0 fully saturated rings. The van der Waals surface area contributed by atoms with Gasteiger partial charge in [-0.3, -0.25) is 4.79 Å². The van der Waals surface area contributed by atoms with Crippen molar-refractivity contribution in [2.45, 2.75) is 56.5 Å². The highest BCUT2D eigenvalue weighted by Gasteiger charge is 2.46. The van der Waals surface area contributed by atoms with Crippen molar-refractivity contribution in [1.82, 2.24) is 9.21 Å². The van der Waals surface area contributed by atoms with Gasteiger partial charge in [0.2, 0.25) is 0 Å². The number of fused-ring (bicyclic) bond motifs is 1. The Bertz CT molecular complexity index is 1030. The lowest BCUT2D eigenvalue weighted by molar-refractivity contribution is -0.172. The first-order chi connectivity index (χ1) is 15.3. The van der Waals surface area contributed by atoms with Crippen LogP contribution in [0.5, 0.6) is 0 Å². The van der Waals surface area contributed by atoms with E-state index >= 15 is 0 Å². The van der Waals surface area contributed by atoms with Crippen LogP contribution >= 0.6 is 0 Å². The molecule has 2 atom stereocenters.